The maximum absolute atomic E-state index is 12.5. The van der Waals surface area contributed by atoms with Crippen LogP contribution in [-0.2, 0) is 11.3 Å². The summed E-state index contributed by atoms with van der Waals surface area (Å²) in [6.07, 6.45) is 0. The molecule has 1 aromatic heterocycles. The van der Waals surface area contributed by atoms with Gasteiger partial charge in [0.1, 0.15) is 0 Å². The first-order chi connectivity index (χ1) is 9.66. The zero-order chi connectivity index (χ0) is 14.1. The van der Waals surface area contributed by atoms with E-state index in [1.807, 2.05) is 32.0 Å². The van der Waals surface area contributed by atoms with Gasteiger partial charge in [-0.1, -0.05) is 24.3 Å². The Labute approximate surface area is 117 Å². The molecule has 1 aromatic carbocycles. The molecule has 0 spiro atoms. The van der Waals surface area contributed by atoms with Crippen molar-refractivity contribution in [3.05, 3.63) is 46.8 Å². The Morgan fingerprint density at radius 1 is 1.35 bits per heavy atom. The number of H-pyrrole nitrogens is 1. The average molecular weight is 270 g/mol. The van der Waals surface area contributed by atoms with E-state index >= 15 is 0 Å². The highest BCUT2D eigenvalue weighted by Crippen LogP contribution is 2.26. The van der Waals surface area contributed by atoms with Gasteiger partial charge < -0.3 is 10.6 Å². The van der Waals surface area contributed by atoms with Crippen molar-refractivity contribution in [1.82, 2.24) is 15.5 Å². The van der Waals surface area contributed by atoms with Crippen LogP contribution >= 0.6 is 0 Å². The van der Waals surface area contributed by atoms with Crippen LogP contribution in [0.2, 0.25) is 0 Å². The summed E-state index contributed by atoms with van der Waals surface area (Å²) in [6, 6.07) is 8.09. The highest BCUT2D eigenvalue weighted by Gasteiger charge is 2.26. The molecular weight excluding hydrogens is 252 g/mol. The van der Waals surface area contributed by atoms with E-state index in [1.165, 1.54) is 5.56 Å². The van der Waals surface area contributed by atoms with Gasteiger partial charge in [-0.25, -0.2) is 0 Å². The monoisotopic (exact) mass is 270 g/mol. The predicted molar refractivity (Wildman–Crippen MR) is 77.6 cm³/mol. The number of carbonyl (C=O) groups is 1. The van der Waals surface area contributed by atoms with E-state index in [4.69, 9.17) is 0 Å². The van der Waals surface area contributed by atoms with Gasteiger partial charge in [-0.05, 0) is 25.0 Å². The van der Waals surface area contributed by atoms with Crippen LogP contribution in [0, 0.1) is 13.8 Å². The Morgan fingerprint density at radius 3 is 2.90 bits per heavy atom. The zero-order valence-electron chi connectivity index (χ0n) is 11.7. The topological polar surface area (TPSA) is 69.8 Å². The van der Waals surface area contributed by atoms with Gasteiger partial charge in [-0.15, -0.1) is 0 Å². The van der Waals surface area contributed by atoms with Gasteiger partial charge >= 0.3 is 0 Å². The van der Waals surface area contributed by atoms with E-state index in [-0.39, 0.29) is 11.8 Å². The van der Waals surface area contributed by atoms with Gasteiger partial charge in [-0.3, -0.25) is 9.89 Å². The first kappa shape index (κ1) is 12.9. The minimum absolute atomic E-state index is 0.0113. The SMILES string of the molecule is Cc1n[nH]c(C)c1NC(=O)C1CNCc2ccccc21. The molecule has 3 rings (SSSR count). The molecule has 1 amide bonds. The van der Waals surface area contributed by atoms with Crippen LogP contribution in [0.4, 0.5) is 5.69 Å². The third-order valence-corrected chi connectivity index (χ3v) is 3.79. The highest BCUT2D eigenvalue weighted by molar-refractivity contribution is 5.97. The number of rotatable bonds is 2. The Balaban J connectivity index is 1.86. The smallest absolute Gasteiger partial charge is 0.233 e. The minimum Gasteiger partial charge on any atom is -0.322 e. The molecule has 1 aliphatic rings. The van der Waals surface area contributed by atoms with Crippen LogP contribution < -0.4 is 10.6 Å². The van der Waals surface area contributed by atoms with Gasteiger partial charge in [0.2, 0.25) is 5.91 Å². The molecule has 0 bridgehead atoms. The number of fused-ring (bicyclic) bond motifs is 1. The molecular formula is C15H18N4O. The molecule has 1 atom stereocenters. The molecule has 0 radical (unpaired) electrons. The summed E-state index contributed by atoms with van der Waals surface area (Å²) < 4.78 is 0. The van der Waals surface area contributed by atoms with Crippen molar-refractivity contribution < 1.29 is 4.79 Å². The molecule has 5 heteroatoms. The third-order valence-electron chi connectivity index (χ3n) is 3.79. The normalized spacial score (nSPS) is 17.6. The van der Waals surface area contributed by atoms with Crippen LogP contribution in [0.25, 0.3) is 0 Å². The van der Waals surface area contributed by atoms with Crippen molar-refractivity contribution in [3.8, 4) is 0 Å². The number of aryl methyl sites for hydroxylation is 2. The molecule has 3 N–H and O–H groups in total. The first-order valence-electron chi connectivity index (χ1n) is 6.77. The number of nitrogens with zero attached hydrogens (tertiary/aromatic N) is 1. The fourth-order valence-electron chi connectivity index (χ4n) is 2.68. The molecule has 0 fully saturated rings. The molecule has 1 unspecified atom stereocenters. The Morgan fingerprint density at radius 2 is 2.15 bits per heavy atom. The number of carbonyl (C=O) groups excluding carboxylic acids is 1. The van der Waals surface area contributed by atoms with Gasteiger partial charge in [0.05, 0.1) is 23.0 Å². The van der Waals surface area contributed by atoms with Crippen LogP contribution in [0.5, 0.6) is 0 Å². The van der Waals surface area contributed by atoms with Crippen molar-refractivity contribution in [3.63, 3.8) is 0 Å². The maximum atomic E-state index is 12.5. The van der Waals surface area contributed by atoms with E-state index in [1.54, 1.807) is 0 Å². The minimum atomic E-state index is -0.159. The van der Waals surface area contributed by atoms with Crippen LogP contribution in [0.15, 0.2) is 24.3 Å². The third kappa shape index (κ3) is 2.20. The number of hydrogen-bond donors (Lipinski definition) is 3. The Kier molecular flexibility index (Phi) is 3.28. The lowest BCUT2D eigenvalue weighted by Crippen LogP contribution is -2.35. The van der Waals surface area contributed by atoms with Crippen LogP contribution in [0.1, 0.15) is 28.4 Å². The summed E-state index contributed by atoms with van der Waals surface area (Å²) in [6.45, 7) is 5.28. The standard InChI is InChI=1S/C15H18N4O/c1-9-14(10(2)19-18-9)17-15(20)13-8-16-7-11-5-3-4-6-12(11)13/h3-6,13,16H,7-8H2,1-2H3,(H,17,20)(H,18,19). The fraction of sp³-hybridized carbons (Fsp3) is 0.333. The van der Waals surface area contributed by atoms with Gasteiger partial charge in [0, 0.05) is 13.1 Å². The Hall–Kier alpha value is -2.14. The summed E-state index contributed by atoms with van der Waals surface area (Å²) in [5.74, 6) is -0.147. The lowest BCUT2D eigenvalue weighted by molar-refractivity contribution is -0.117. The number of amides is 1. The fourth-order valence-corrected chi connectivity index (χ4v) is 2.68. The molecule has 104 valence electrons. The second kappa shape index (κ2) is 5.09. The predicted octanol–water partition coefficient (Wildman–Crippen LogP) is 1.85. The molecule has 2 heterocycles. The number of hydrogen-bond acceptors (Lipinski definition) is 3. The lowest BCUT2D eigenvalue weighted by Gasteiger charge is -2.25. The average Bonchev–Trinajstić information content (AvgIpc) is 2.78. The van der Waals surface area contributed by atoms with Crippen LogP contribution in [-0.4, -0.2) is 22.6 Å². The Bertz CT molecular complexity index is 628. The molecule has 1 aliphatic heterocycles. The van der Waals surface area contributed by atoms with Gasteiger partial charge in [0.25, 0.3) is 0 Å². The van der Waals surface area contributed by atoms with Crippen molar-refractivity contribution in [2.24, 2.45) is 0 Å². The molecule has 0 saturated carbocycles. The van der Waals surface area contributed by atoms with Crippen molar-refractivity contribution in [2.45, 2.75) is 26.3 Å². The first-order valence-corrected chi connectivity index (χ1v) is 6.77. The summed E-state index contributed by atoms with van der Waals surface area (Å²) in [5.41, 5.74) is 4.79. The van der Waals surface area contributed by atoms with Crippen molar-refractivity contribution in [2.75, 3.05) is 11.9 Å². The number of anilines is 1. The molecule has 0 saturated heterocycles. The summed E-state index contributed by atoms with van der Waals surface area (Å²) >= 11 is 0. The lowest BCUT2D eigenvalue weighted by atomic mass is 9.90. The zero-order valence-corrected chi connectivity index (χ0v) is 11.7. The quantitative estimate of drug-likeness (QED) is 0.780. The second-order valence-corrected chi connectivity index (χ2v) is 5.18. The number of benzene rings is 1. The number of nitrogens with one attached hydrogen (secondary N) is 3. The van der Waals surface area contributed by atoms with E-state index in [0.29, 0.717) is 6.54 Å². The summed E-state index contributed by atoms with van der Waals surface area (Å²) in [4.78, 5) is 12.5. The van der Waals surface area contributed by atoms with E-state index < -0.39 is 0 Å². The van der Waals surface area contributed by atoms with E-state index in [9.17, 15) is 4.79 Å². The number of aromatic nitrogens is 2. The van der Waals surface area contributed by atoms with Crippen molar-refractivity contribution >= 4 is 11.6 Å². The highest BCUT2D eigenvalue weighted by atomic mass is 16.1. The summed E-state index contributed by atoms with van der Waals surface area (Å²) in [7, 11) is 0. The number of aromatic amines is 1. The largest absolute Gasteiger partial charge is 0.322 e. The molecule has 2 aromatic rings. The van der Waals surface area contributed by atoms with Crippen molar-refractivity contribution in [1.29, 1.82) is 0 Å². The molecule has 5 nitrogen and oxygen atoms in total. The van der Waals surface area contributed by atoms with Gasteiger partial charge in [0.15, 0.2) is 0 Å². The van der Waals surface area contributed by atoms with E-state index in [2.05, 4.69) is 26.9 Å². The second-order valence-electron chi connectivity index (χ2n) is 5.18. The van der Waals surface area contributed by atoms with Gasteiger partial charge in [-0.2, -0.15) is 5.10 Å². The summed E-state index contributed by atoms with van der Waals surface area (Å²) in [5, 5.41) is 13.3. The van der Waals surface area contributed by atoms with E-state index in [0.717, 1.165) is 29.2 Å². The van der Waals surface area contributed by atoms with Crippen LogP contribution in [0.3, 0.4) is 0 Å². The molecule has 20 heavy (non-hydrogen) atoms. The molecule has 0 aliphatic carbocycles. The maximum Gasteiger partial charge on any atom is 0.233 e.